The van der Waals surface area contributed by atoms with Gasteiger partial charge >= 0.3 is 0 Å². The van der Waals surface area contributed by atoms with Gasteiger partial charge in [0.1, 0.15) is 0 Å². The van der Waals surface area contributed by atoms with Crippen LogP contribution in [0.25, 0.3) is 5.57 Å². The van der Waals surface area contributed by atoms with Crippen molar-refractivity contribution in [2.75, 3.05) is 0 Å². The van der Waals surface area contributed by atoms with Gasteiger partial charge in [-0.05, 0) is 30.4 Å². The number of rotatable bonds is 4. The largest absolute Gasteiger partial charge is 0.0984 e. The van der Waals surface area contributed by atoms with Crippen LogP contribution in [0.1, 0.15) is 51.0 Å². The van der Waals surface area contributed by atoms with E-state index < -0.39 is 0 Å². The fraction of sp³-hybridized carbons (Fsp3) is 0.474. The molecule has 0 heteroatoms. The lowest BCUT2D eigenvalue weighted by Gasteiger charge is -2.36. The number of hydrogen-bond acceptors (Lipinski definition) is 0. The molecule has 0 aliphatic heterocycles. The first-order valence-electron chi connectivity index (χ1n) is 7.74. The van der Waals surface area contributed by atoms with Gasteiger partial charge in [-0.25, -0.2) is 0 Å². The molecule has 1 saturated carbocycles. The Morgan fingerprint density at radius 2 is 2.05 bits per heavy atom. The summed E-state index contributed by atoms with van der Waals surface area (Å²) in [5, 5.41) is 0. The summed E-state index contributed by atoms with van der Waals surface area (Å²) in [5.41, 5.74) is 4.79. The van der Waals surface area contributed by atoms with Crippen molar-refractivity contribution in [3.05, 3.63) is 54.1 Å². The maximum atomic E-state index is 4.49. The van der Waals surface area contributed by atoms with Crippen LogP contribution < -0.4 is 0 Å². The third kappa shape index (κ3) is 2.08. The number of unbranched alkanes of at least 4 members (excludes halogenated alkanes) is 1. The molecule has 0 N–H and O–H groups in total. The molecule has 1 fully saturated rings. The molecule has 0 amide bonds. The van der Waals surface area contributed by atoms with E-state index in [0.29, 0.717) is 11.3 Å². The fourth-order valence-corrected chi connectivity index (χ4v) is 3.97. The van der Waals surface area contributed by atoms with E-state index in [1.54, 1.807) is 5.57 Å². The van der Waals surface area contributed by atoms with Crippen molar-refractivity contribution >= 4 is 5.57 Å². The molecule has 2 atom stereocenters. The Morgan fingerprint density at radius 1 is 1.26 bits per heavy atom. The van der Waals surface area contributed by atoms with E-state index in [4.69, 9.17) is 0 Å². The van der Waals surface area contributed by atoms with Crippen LogP contribution in [-0.4, -0.2) is 0 Å². The van der Waals surface area contributed by atoms with E-state index in [2.05, 4.69) is 49.9 Å². The average Bonchev–Trinajstić information content (AvgIpc) is 2.63. The number of allylic oxidation sites excluding steroid dienone is 3. The van der Waals surface area contributed by atoms with Gasteiger partial charge in [0.2, 0.25) is 0 Å². The molecule has 19 heavy (non-hydrogen) atoms. The van der Waals surface area contributed by atoms with E-state index in [1.807, 2.05) is 0 Å². The number of hydrogen-bond donors (Lipinski definition) is 0. The maximum Gasteiger partial charge on any atom is 0.0100 e. The topological polar surface area (TPSA) is 0 Å². The molecular weight excluding hydrogens is 228 g/mol. The summed E-state index contributed by atoms with van der Waals surface area (Å²) < 4.78 is 0. The van der Waals surface area contributed by atoms with Crippen molar-refractivity contribution in [2.24, 2.45) is 11.3 Å². The summed E-state index contributed by atoms with van der Waals surface area (Å²) >= 11 is 0. The second-order valence-corrected chi connectivity index (χ2v) is 6.20. The zero-order valence-corrected chi connectivity index (χ0v) is 12.0. The van der Waals surface area contributed by atoms with Crippen molar-refractivity contribution in [2.45, 2.75) is 45.4 Å². The lowest BCUT2D eigenvalue weighted by atomic mass is 9.68. The second kappa shape index (κ2) is 5.00. The van der Waals surface area contributed by atoms with E-state index in [1.165, 1.54) is 49.7 Å². The molecule has 0 radical (unpaired) electrons. The maximum absolute atomic E-state index is 4.49. The first kappa shape index (κ1) is 12.7. The molecule has 1 aromatic carbocycles. The molecule has 0 nitrogen and oxygen atoms in total. The highest BCUT2D eigenvalue weighted by atomic mass is 14.5. The van der Waals surface area contributed by atoms with Gasteiger partial charge < -0.3 is 0 Å². The molecular formula is C19H24. The minimum atomic E-state index is 0.324. The van der Waals surface area contributed by atoms with Crippen molar-refractivity contribution in [1.82, 2.24) is 0 Å². The molecule has 2 unspecified atom stereocenters. The quantitative estimate of drug-likeness (QED) is 0.610. The van der Waals surface area contributed by atoms with Crippen LogP contribution in [0.4, 0.5) is 0 Å². The monoisotopic (exact) mass is 252 g/mol. The van der Waals surface area contributed by atoms with Crippen LogP contribution in [0.5, 0.6) is 0 Å². The van der Waals surface area contributed by atoms with Gasteiger partial charge in [0.05, 0.1) is 0 Å². The zero-order valence-electron chi connectivity index (χ0n) is 12.0. The Labute approximate surface area is 117 Å². The molecule has 0 spiro atoms. The normalized spacial score (nSPS) is 29.4. The van der Waals surface area contributed by atoms with Crippen LogP contribution in [0, 0.1) is 11.3 Å². The van der Waals surface area contributed by atoms with Crippen molar-refractivity contribution < 1.29 is 0 Å². The van der Waals surface area contributed by atoms with Gasteiger partial charge in [-0.15, -0.1) is 0 Å². The summed E-state index contributed by atoms with van der Waals surface area (Å²) in [4.78, 5) is 0. The molecule has 2 bridgehead atoms. The molecule has 0 saturated heterocycles. The molecule has 3 rings (SSSR count). The first-order chi connectivity index (χ1) is 9.27. The third-order valence-electron chi connectivity index (χ3n) is 5.07. The molecule has 2 aliphatic rings. The Balaban J connectivity index is 1.97. The average molecular weight is 252 g/mol. The standard InChI is InChI=1S/C19H24/c1-3-4-12-19-13-8-11-17(15(19)2)18(14-19)16-9-6-5-7-10-16/h5-7,9-10,14,17H,2-4,8,11-13H2,1H3. The minimum absolute atomic E-state index is 0.324. The van der Waals surface area contributed by atoms with Crippen LogP contribution in [0.15, 0.2) is 48.6 Å². The van der Waals surface area contributed by atoms with Gasteiger partial charge in [-0.1, -0.05) is 74.7 Å². The van der Waals surface area contributed by atoms with Gasteiger partial charge in [-0.2, -0.15) is 0 Å². The van der Waals surface area contributed by atoms with Gasteiger partial charge in [0, 0.05) is 11.3 Å². The molecule has 1 aromatic rings. The number of benzene rings is 1. The number of fused-ring (bicyclic) bond motifs is 2. The van der Waals surface area contributed by atoms with Gasteiger partial charge in [0.15, 0.2) is 0 Å². The highest BCUT2D eigenvalue weighted by molar-refractivity contribution is 5.75. The summed E-state index contributed by atoms with van der Waals surface area (Å²) in [6, 6.07) is 10.9. The Morgan fingerprint density at radius 3 is 2.79 bits per heavy atom. The van der Waals surface area contributed by atoms with Gasteiger partial charge in [0.25, 0.3) is 0 Å². The molecule has 2 aliphatic carbocycles. The van der Waals surface area contributed by atoms with E-state index in [9.17, 15) is 0 Å². The lowest BCUT2D eigenvalue weighted by Crippen LogP contribution is -2.24. The lowest BCUT2D eigenvalue weighted by molar-refractivity contribution is 0.314. The fourth-order valence-electron chi connectivity index (χ4n) is 3.97. The highest BCUT2D eigenvalue weighted by Crippen LogP contribution is 2.58. The van der Waals surface area contributed by atoms with Crippen LogP contribution in [0.2, 0.25) is 0 Å². The predicted molar refractivity (Wildman–Crippen MR) is 82.9 cm³/mol. The molecule has 0 aromatic heterocycles. The second-order valence-electron chi connectivity index (χ2n) is 6.20. The van der Waals surface area contributed by atoms with Gasteiger partial charge in [-0.3, -0.25) is 0 Å². The van der Waals surface area contributed by atoms with Crippen LogP contribution in [0.3, 0.4) is 0 Å². The minimum Gasteiger partial charge on any atom is -0.0984 e. The van der Waals surface area contributed by atoms with E-state index >= 15 is 0 Å². The molecule has 100 valence electrons. The Kier molecular flexibility index (Phi) is 3.35. The first-order valence-corrected chi connectivity index (χ1v) is 7.74. The summed E-state index contributed by atoms with van der Waals surface area (Å²) in [6.07, 6.45) is 10.5. The SMILES string of the molecule is C=C1C2CCCC1(CCCC)C=C2c1ccccc1. The van der Waals surface area contributed by atoms with Crippen molar-refractivity contribution in [3.63, 3.8) is 0 Å². The summed E-state index contributed by atoms with van der Waals surface area (Å²) in [7, 11) is 0. The Bertz CT molecular complexity index is 494. The Hall–Kier alpha value is -1.30. The zero-order chi connectivity index (χ0) is 13.3. The van der Waals surface area contributed by atoms with Crippen molar-refractivity contribution in [1.29, 1.82) is 0 Å². The summed E-state index contributed by atoms with van der Waals surface area (Å²) in [6.45, 7) is 6.78. The molecule has 0 heterocycles. The third-order valence-corrected chi connectivity index (χ3v) is 5.07. The van der Waals surface area contributed by atoms with Crippen LogP contribution in [-0.2, 0) is 0 Å². The van der Waals surface area contributed by atoms with E-state index in [-0.39, 0.29) is 0 Å². The van der Waals surface area contributed by atoms with Crippen molar-refractivity contribution in [3.8, 4) is 0 Å². The highest BCUT2D eigenvalue weighted by Gasteiger charge is 2.44. The van der Waals surface area contributed by atoms with Crippen LogP contribution >= 0.6 is 0 Å². The smallest absolute Gasteiger partial charge is 0.0100 e. The van der Waals surface area contributed by atoms with E-state index in [0.717, 1.165) is 0 Å². The summed E-state index contributed by atoms with van der Waals surface area (Å²) in [5.74, 6) is 0.619. The predicted octanol–water partition coefficient (Wildman–Crippen LogP) is 5.62.